The van der Waals surface area contributed by atoms with Gasteiger partial charge in [-0.05, 0) is 44.4 Å². The summed E-state index contributed by atoms with van der Waals surface area (Å²) < 4.78 is 93.8. The van der Waals surface area contributed by atoms with E-state index in [4.69, 9.17) is 56.0 Å². The van der Waals surface area contributed by atoms with Gasteiger partial charge in [0.15, 0.2) is 18.9 Å². The lowest BCUT2D eigenvalue weighted by Gasteiger charge is -2.50. The molecule has 0 aromatic rings. The maximum atomic E-state index is 14.1. The molecule has 38 heteroatoms. The smallest absolute Gasteiger partial charge is 0.395 e. The molecule has 13 N–H and O–H groups in total. The molecule has 552 valence electrons. The SMILES string of the molecule is CCOCCN(CCOP(=O)(O)OCCN(CCOP(=O)(O)OCCN(CCO)C(=O)CC(C)C(C)CO[C@@H]1OC(CO)[C@H](O)C(O)[C@@H]1NC(C)=O)C(=O)CC(C)C(C)O[C@@H]1OC2CO[C@@H]2C(O)[C@@H]1NC(C)=O)C(=O)CC(C)C(C)O[C@@H]1OC(CO)[C@H](O)C(O)[C@@H]1NC(C)=O. The number of hydrogen-bond donors (Lipinski definition) is 13. The number of nitrogens with one attached hydrogen (secondary N) is 3. The number of carbonyl (C=O) groups excluding carboxylic acids is 6. The number of fused-ring (bicyclic) bond motifs is 1. The molecule has 95 heavy (non-hydrogen) atoms. The Kier molecular flexibility index (Phi) is 35.8. The highest BCUT2D eigenvalue weighted by atomic mass is 31.2. The number of phosphoric ester groups is 2. The third-order valence-electron chi connectivity index (χ3n) is 16.9. The maximum absolute atomic E-state index is 14.1. The van der Waals surface area contributed by atoms with E-state index in [1.165, 1.54) is 30.6 Å². The lowest BCUT2D eigenvalue weighted by molar-refractivity contribution is -0.335. The Morgan fingerprint density at radius 2 is 0.874 bits per heavy atom. The molecule has 4 rings (SSSR count). The summed E-state index contributed by atoms with van der Waals surface area (Å²) in [5.41, 5.74) is 0. The summed E-state index contributed by atoms with van der Waals surface area (Å²) in [6.07, 6.45) is -16.9. The van der Waals surface area contributed by atoms with Crippen LogP contribution in [-0.4, -0.2) is 317 Å². The fourth-order valence-electron chi connectivity index (χ4n) is 10.6. The van der Waals surface area contributed by atoms with Crippen molar-refractivity contribution in [2.24, 2.45) is 23.7 Å². The number of aliphatic hydroxyl groups is 8. The van der Waals surface area contributed by atoms with Crippen LogP contribution in [0.2, 0.25) is 0 Å². The number of rotatable bonds is 43. The van der Waals surface area contributed by atoms with Crippen LogP contribution >= 0.6 is 15.6 Å². The van der Waals surface area contributed by atoms with Gasteiger partial charge in [0.1, 0.15) is 73.1 Å². The van der Waals surface area contributed by atoms with Crippen molar-refractivity contribution in [2.75, 3.05) is 112 Å². The van der Waals surface area contributed by atoms with Crippen molar-refractivity contribution < 1.29 is 145 Å². The quantitative estimate of drug-likeness (QED) is 0.0206. The van der Waals surface area contributed by atoms with E-state index in [1.807, 2.05) is 0 Å². The summed E-state index contributed by atoms with van der Waals surface area (Å²) in [5, 5.41) is 89.9. The van der Waals surface area contributed by atoms with Gasteiger partial charge in [0, 0.05) is 85.9 Å². The van der Waals surface area contributed by atoms with E-state index in [1.54, 1.807) is 48.5 Å². The van der Waals surface area contributed by atoms with Gasteiger partial charge in [-0.2, -0.15) is 0 Å². The van der Waals surface area contributed by atoms with Crippen molar-refractivity contribution in [2.45, 2.75) is 193 Å². The largest absolute Gasteiger partial charge is 0.472 e. The first-order chi connectivity index (χ1) is 44.7. The molecule has 4 aliphatic heterocycles. The number of amides is 6. The van der Waals surface area contributed by atoms with Crippen molar-refractivity contribution >= 4 is 51.1 Å². The number of nitrogens with zero attached hydrogens (tertiary/aromatic N) is 3. The molecule has 4 saturated heterocycles. The van der Waals surface area contributed by atoms with Crippen molar-refractivity contribution in [1.29, 1.82) is 0 Å². The third kappa shape index (κ3) is 26.8. The van der Waals surface area contributed by atoms with Gasteiger partial charge in [-0.1, -0.05) is 27.7 Å². The van der Waals surface area contributed by atoms with E-state index in [9.17, 15) is 88.5 Å². The summed E-state index contributed by atoms with van der Waals surface area (Å²) >= 11 is 0. The predicted molar refractivity (Wildman–Crippen MR) is 327 cm³/mol. The zero-order valence-electron chi connectivity index (χ0n) is 55.6. The summed E-state index contributed by atoms with van der Waals surface area (Å²) in [7, 11) is -9.90. The first-order valence-electron chi connectivity index (χ1n) is 31.9. The Morgan fingerprint density at radius 3 is 1.25 bits per heavy atom. The number of ether oxygens (including phenoxy) is 8. The summed E-state index contributed by atoms with van der Waals surface area (Å²) in [4.78, 5) is 103. The molecule has 4 aliphatic rings. The molecule has 4 heterocycles. The van der Waals surface area contributed by atoms with Crippen LogP contribution in [0.4, 0.5) is 0 Å². The molecule has 23 atom stereocenters. The van der Waals surface area contributed by atoms with Crippen LogP contribution in [0.1, 0.15) is 88.5 Å². The van der Waals surface area contributed by atoms with Gasteiger partial charge in [-0.25, -0.2) is 9.13 Å². The predicted octanol–water partition coefficient (Wildman–Crippen LogP) is -3.81. The maximum Gasteiger partial charge on any atom is 0.472 e. The highest BCUT2D eigenvalue weighted by Crippen LogP contribution is 2.44. The van der Waals surface area contributed by atoms with Gasteiger partial charge < -0.3 is 119 Å². The second-order valence-corrected chi connectivity index (χ2v) is 27.2. The molecule has 14 unspecified atom stereocenters. The van der Waals surface area contributed by atoms with Gasteiger partial charge >= 0.3 is 15.6 Å². The molecule has 0 aromatic heterocycles. The minimum atomic E-state index is -4.95. The van der Waals surface area contributed by atoms with Gasteiger partial charge in [0.2, 0.25) is 35.4 Å². The van der Waals surface area contributed by atoms with Crippen molar-refractivity contribution in [3.63, 3.8) is 0 Å². The summed E-state index contributed by atoms with van der Waals surface area (Å²) in [6, 6.07) is -3.45. The Morgan fingerprint density at radius 1 is 0.505 bits per heavy atom. The van der Waals surface area contributed by atoms with Crippen LogP contribution < -0.4 is 16.0 Å². The van der Waals surface area contributed by atoms with E-state index in [0.29, 0.717) is 6.61 Å². The zero-order chi connectivity index (χ0) is 71.1. The van der Waals surface area contributed by atoms with Gasteiger partial charge in [-0.3, -0.25) is 46.9 Å². The molecular formula is C57H104N6O30P2. The van der Waals surface area contributed by atoms with Crippen LogP contribution in [0.25, 0.3) is 0 Å². The van der Waals surface area contributed by atoms with E-state index in [-0.39, 0.29) is 71.2 Å². The first kappa shape index (κ1) is 83.8. The van der Waals surface area contributed by atoms with Crippen molar-refractivity contribution in [3.05, 3.63) is 0 Å². The molecule has 0 radical (unpaired) electrons. The average molecular weight is 1420 g/mol. The lowest BCUT2D eigenvalue weighted by atomic mass is 9.92. The molecule has 4 fully saturated rings. The van der Waals surface area contributed by atoms with E-state index < -0.39 is 232 Å². The van der Waals surface area contributed by atoms with Crippen LogP contribution in [-0.2, 0) is 93.9 Å². The highest BCUT2D eigenvalue weighted by molar-refractivity contribution is 7.47. The molecule has 0 spiro atoms. The molecule has 0 bridgehead atoms. The standard InChI is InChI=1S/C57H104N6O30P2/c1-11-82-19-13-62(44(71)25-32(3)35(6)89-56-47(59-38(9)68)52(76)50(74)41(28-66)92-56)15-21-86-95(80,81)88-23-17-63(45(72)26-33(4)36(7)90-57-48(60-39(10)69)53(77)54-42(93-57)30-83-54)16-22-87-94(78,79)85-20-14-61(12-18-64)43(70)24-31(2)34(5)29-84-55-46(58-37(8)67)51(75)49(73)40(27-65)91-55/h31-36,40-42,46-57,64-66,73-77H,11-30H2,1-10H3,(H,58,67)(H,59,68)(H,60,69)(H,78,79)(H,80,81)/t31?,32?,33?,34?,35?,36?,40?,41?,42?,46-,47-,48-,49-,50-,51?,52?,53?,54-,55+,56+,57+/m0/s1. The van der Waals surface area contributed by atoms with Crippen molar-refractivity contribution in [3.8, 4) is 0 Å². The van der Waals surface area contributed by atoms with Crippen molar-refractivity contribution in [1.82, 2.24) is 30.7 Å². The number of hydrogen-bond acceptors (Lipinski definition) is 28. The van der Waals surface area contributed by atoms with E-state index in [2.05, 4.69) is 16.0 Å². The Balaban J connectivity index is 1.37. The lowest BCUT2D eigenvalue weighted by Crippen LogP contribution is -2.69. The third-order valence-corrected chi connectivity index (χ3v) is 18.9. The summed E-state index contributed by atoms with van der Waals surface area (Å²) in [5.74, 6) is -5.10. The molecule has 0 aliphatic carbocycles. The molecule has 36 nitrogen and oxygen atoms in total. The second kappa shape index (κ2) is 40.6. The topological polar surface area (TPSA) is 495 Å². The van der Waals surface area contributed by atoms with E-state index in [0.717, 1.165) is 4.90 Å². The Bertz CT molecular complexity index is 2490. The van der Waals surface area contributed by atoms with Crippen LogP contribution in [0.5, 0.6) is 0 Å². The number of aliphatic hydroxyl groups excluding tert-OH is 8. The van der Waals surface area contributed by atoms with Gasteiger partial charge in [0.25, 0.3) is 0 Å². The van der Waals surface area contributed by atoms with Gasteiger partial charge in [0.05, 0.1) is 78.3 Å². The Labute approximate surface area is 552 Å². The highest BCUT2D eigenvalue weighted by Gasteiger charge is 2.53. The second-order valence-electron chi connectivity index (χ2n) is 24.3. The van der Waals surface area contributed by atoms with Crippen LogP contribution in [0.3, 0.4) is 0 Å². The minimum absolute atomic E-state index is 0.0274. The fraction of sp³-hybridized carbons (Fsp3) is 0.895. The molecule has 6 amide bonds. The zero-order valence-corrected chi connectivity index (χ0v) is 57.4. The monoisotopic (exact) mass is 1410 g/mol. The summed E-state index contributed by atoms with van der Waals surface area (Å²) in [6.45, 7) is 10.2. The van der Waals surface area contributed by atoms with Crippen LogP contribution in [0.15, 0.2) is 0 Å². The average Bonchev–Trinajstić information content (AvgIpc) is 0.782. The number of phosphoric acid groups is 2. The Hall–Kier alpha value is -3.60. The normalized spacial score (nSPS) is 29.9. The number of carbonyl (C=O) groups is 6. The molecule has 0 saturated carbocycles. The fourth-order valence-corrected chi connectivity index (χ4v) is 12.0. The molecule has 0 aromatic carbocycles. The van der Waals surface area contributed by atoms with Gasteiger partial charge in [-0.15, -0.1) is 0 Å². The molecular weight excluding hydrogens is 1310 g/mol. The van der Waals surface area contributed by atoms with E-state index >= 15 is 0 Å². The van der Waals surface area contributed by atoms with Crippen LogP contribution in [0, 0.1) is 23.7 Å². The minimum Gasteiger partial charge on any atom is -0.395 e. The first-order valence-corrected chi connectivity index (χ1v) is 34.9.